The number of hydrogen-bond acceptors (Lipinski definition) is 5. The third-order valence-corrected chi connectivity index (χ3v) is 6.13. The van der Waals surface area contributed by atoms with Crippen LogP contribution in [-0.4, -0.2) is 39.5 Å². The molecule has 0 fully saturated rings. The lowest BCUT2D eigenvalue weighted by molar-refractivity contribution is -0.122. The molecule has 6 nitrogen and oxygen atoms in total. The number of sulfonamides is 1. The predicted molar refractivity (Wildman–Crippen MR) is 108 cm³/mol. The van der Waals surface area contributed by atoms with E-state index in [2.05, 4.69) is 10.0 Å². The van der Waals surface area contributed by atoms with Gasteiger partial charge in [0.1, 0.15) is 22.5 Å². The van der Waals surface area contributed by atoms with Gasteiger partial charge in [-0.05, 0) is 48.3 Å². The molecule has 0 saturated carbocycles. The fraction of sp³-hybridized carbons (Fsp3) is 0.316. The van der Waals surface area contributed by atoms with Crippen molar-refractivity contribution in [3.8, 4) is 5.75 Å². The standard InChI is InChI=1S/C19H23FN2O4S2/c1-26-15-9-7-14(8-10-15)13-21-19(23)17(11-12-27-2)22-28(24,25)18-6-4-3-5-16(18)20/h3-10,17,22H,11-13H2,1-2H3,(H,21,23)/t17-/m0/s1. The number of rotatable bonds is 10. The van der Waals surface area contributed by atoms with E-state index in [1.54, 1.807) is 31.4 Å². The van der Waals surface area contributed by atoms with Crippen molar-refractivity contribution in [1.29, 1.82) is 0 Å². The third kappa shape index (κ3) is 6.22. The summed E-state index contributed by atoms with van der Waals surface area (Å²) in [4.78, 5) is 12.1. The summed E-state index contributed by atoms with van der Waals surface area (Å²) < 4.78 is 46.3. The minimum absolute atomic E-state index is 0.236. The first-order valence-corrected chi connectivity index (χ1v) is 11.4. The Morgan fingerprint density at radius 2 is 1.86 bits per heavy atom. The van der Waals surface area contributed by atoms with E-state index in [9.17, 15) is 17.6 Å². The van der Waals surface area contributed by atoms with Gasteiger partial charge in [-0.3, -0.25) is 4.79 Å². The van der Waals surface area contributed by atoms with Gasteiger partial charge in [-0.2, -0.15) is 16.5 Å². The van der Waals surface area contributed by atoms with Gasteiger partial charge < -0.3 is 10.1 Å². The molecule has 0 saturated heterocycles. The van der Waals surface area contributed by atoms with Gasteiger partial charge in [0.2, 0.25) is 15.9 Å². The van der Waals surface area contributed by atoms with Gasteiger partial charge in [0.15, 0.2) is 0 Å². The van der Waals surface area contributed by atoms with Crippen molar-refractivity contribution >= 4 is 27.7 Å². The zero-order chi connectivity index (χ0) is 20.6. The fourth-order valence-corrected chi connectivity index (χ4v) is 4.23. The van der Waals surface area contributed by atoms with E-state index in [0.717, 1.165) is 11.6 Å². The molecule has 1 amide bonds. The molecule has 152 valence electrons. The lowest BCUT2D eigenvalue weighted by Gasteiger charge is -2.18. The first-order valence-electron chi connectivity index (χ1n) is 8.54. The van der Waals surface area contributed by atoms with Crippen LogP contribution < -0.4 is 14.8 Å². The molecular formula is C19H23FN2O4S2. The highest BCUT2D eigenvalue weighted by Crippen LogP contribution is 2.15. The second-order valence-electron chi connectivity index (χ2n) is 5.95. The summed E-state index contributed by atoms with van der Waals surface area (Å²) in [5.74, 6) is -0.0620. The lowest BCUT2D eigenvalue weighted by atomic mass is 10.2. The molecule has 0 heterocycles. The summed E-state index contributed by atoms with van der Waals surface area (Å²) in [6, 6.07) is 11.2. The Morgan fingerprint density at radius 3 is 2.46 bits per heavy atom. The molecular weight excluding hydrogens is 403 g/mol. The average Bonchev–Trinajstić information content (AvgIpc) is 2.69. The summed E-state index contributed by atoms with van der Waals surface area (Å²) in [6.07, 6.45) is 2.14. The van der Waals surface area contributed by atoms with E-state index in [1.807, 2.05) is 6.26 Å². The maximum atomic E-state index is 13.9. The van der Waals surface area contributed by atoms with Crippen molar-refractivity contribution in [3.63, 3.8) is 0 Å². The van der Waals surface area contributed by atoms with Crippen LogP contribution >= 0.6 is 11.8 Å². The van der Waals surface area contributed by atoms with Crippen molar-refractivity contribution in [2.75, 3.05) is 19.1 Å². The maximum absolute atomic E-state index is 13.9. The first kappa shape index (κ1) is 22.2. The normalized spacial score (nSPS) is 12.4. The molecule has 0 aliphatic carbocycles. The molecule has 0 spiro atoms. The second-order valence-corrected chi connectivity index (χ2v) is 8.62. The van der Waals surface area contributed by atoms with Crippen LogP contribution in [0.4, 0.5) is 4.39 Å². The van der Waals surface area contributed by atoms with Crippen molar-refractivity contribution in [3.05, 3.63) is 59.9 Å². The van der Waals surface area contributed by atoms with E-state index >= 15 is 0 Å². The van der Waals surface area contributed by atoms with Gasteiger partial charge >= 0.3 is 0 Å². The Hall–Kier alpha value is -2.10. The summed E-state index contributed by atoms with van der Waals surface area (Å²) in [5, 5.41) is 2.72. The van der Waals surface area contributed by atoms with Crippen LogP contribution in [0.3, 0.4) is 0 Å². The summed E-state index contributed by atoms with van der Waals surface area (Å²) in [7, 11) is -2.60. The van der Waals surface area contributed by atoms with Gasteiger partial charge in [0, 0.05) is 6.54 Å². The number of hydrogen-bond donors (Lipinski definition) is 2. The molecule has 0 bridgehead atoms. The molecule has 2 rings (SSSR count). The molecule has 0 radical (unpaired) electrons. The fourth-order valence-electron chi connectivity index (χ4n) is 2.45. The number of amides is 1. The highest BCUT2D eigenvalue weighted by Gasteiger charge is 2.27. The summed E-state index contributed by atoms with van der Waals surface area (Å²) in [5.41, 5.74) is 0.842. The van der Waals surface area contributed by atoms with Crippen LogP contribution in [0.15, 0.2) is 53.4 Å². The number of benzene rings is 2. The molecule has 28 heavy (non-hydrogen) atoms. The molecule has 2 aromatic carbocycles. The van der Waals surface area contributed by atoms with Crippen molar-refractivity contribution < 1.29 is 22.3 Å². The van der Waals surface area contributed by atoms with Crippen LogP contribution in [0, 0.1) is 5.82 Å². The quantitative estimate of drug-likeness (QED) is 0.610. The highest BCUT2D eigenvalue weighted by molar-refractivity contribution is 7.98. The minimum Gasteiger partial charge on any atom is -0.497 e. The van der Waals surface area contributed by atoms with Crippen LogP contribution in [0.25, 0.3) is 0 Å². The Bertz CT molecular complexity index is 889. The Morgan fingerprint density at radius 1 is 1.18 bits per heavy atom. The van der Waals surface area contributed by atoms with Crippen molar-refractivity contribution in [2.45, 2.75) is 23.9 Å². The van der Waals surface area contributed by atoms with Gasteiger partial charge in [-0.1, -0.05) is 24.3 Å². The van der Waals surface area contributed by atoms with Crippen molar-refractivity contribution in [2.24, 2.45) is 0 Å². The maximum Gasteiger partial charge on any atom is 0.244 e. The summed E-state index contributed by atoms with van der Waals surface area (Å²) >= 11 is 1.49. The second kappa shape index (κ2) is 10.4. The zero-order valence-corrected chi connectivity index (χ0v) is 17.3. The SMILES string of the molecule is COc1ccc(CNC(=O)[C@H](CCSC)NS(=O)(=O)c2ccccc2F)cc1. The highest BCUT2D eigenvalue weighted by atomic mass is 32.2. The van der Waals surface area contributed by atoms with E-state index < -0.39 is 32.7 Å². The number of nitrogens with one attached hydrogen (secondary N) is 2. The van der Waals surface area contributed by atoms with Crippen LogP contribution in [-0.2, 0) is 21.4 Å². The van der Waals surface area contributed by atoms with Crippen LogP contribution in [0.1, 0.15) is 12.0 Å². The minimum atomic E-state index is -4.17. The summed E-state index contributed by atoms with van der Waals surface area (Å²) in [6.45, 7) is 0.236. The van der Waals surface area contributed by atoms with Gasteiger partial charge in [0.05, 0.1) is 7.11 Å². The van der Waals surface area contributed by atoms with Crippen LogP contribution in [0.5, 0.6) is 5.75 Å². The lowest BCUT2D eigenvalue weighted by Crippen LogP contribution is -2.46. The van der Waals surface area contributed by atoms with E-state index in [-0.39, 0.29) is 13.0 Å². The number of thioether (sulfide) groups is 1. The van der Waals surface area contributed by atoms with Gasteiger partial charge in [0.25, 0.3) is 0 Å². The molecule has 0 aliphatic heterocycles. The largest absolute Gasteiger partial charge is 0.497 e. The van der Waals surface area contributed by atoms with Crippen LogP contribution in [0.2, 0.25) is 0 Å². The van der Waals surface area contributed by atoms with Gasteiger partial charge in [-0.25, -0.2) is 12.8 Å². The number of halogens is 1. The van der Waals surface area contributed by atoms with E-state index in [0.29, 0.717) is 11.5 Å². The molecule has 2 N–H and O–H groups in total. The van der Waals surface area contributed by atoms with E-state index in [4.69, 9.17) is 4.74 Å². The molecule has 1 atom stereocenters. The number of methoxy groups -OCH3 is 1. The van der Waals surface area contributed by atoms with Crippen molar-refractivity contribution in [1.82, 2.24) is 10.0 Å². The molecule has 0 aromatic heterocycles. The smallest absolute Gasteiger partial charge is 0.244 e. The Balaban J connectivity index is 2.08. The molecule has 0 aliphatic rings. The average molecular weight is 427 g/mol. The third-order valence-electron chi connectivity index (χ3n) is 3.98. The molecule has 2 aromatic rings. The van der Waals surface area contributed by atoms with Gasteiger partial charge in [-0.15, -0.1) is 0 Å². The predicted octanol–water partition coefficient (Wildman–Crippen LogP) is 2.55. The number of carbonyl (C=O) groups is 1. The Kier molecular flexibility index (Phi) is 8.28. The first-order chi connectivity index (χ1) is 13.4. The molecule has 0 unspecified atom stereocenters. The zero-order valence-electron chi connectivity index (χ0n) is 15.6. The number of ether oxygens (including phenoxy) is 1. The Labute approximate surface area is 168 Å². The number of carbonyl (C=O) groups excluding carboxylic acids is 1. The topological polar surface area (TPSA) is 84.5 Å². The van der Waals surface area contributed by atoms with E-state index in [1.165, 1.54) is 30.0 Å². The monoisotopic (exact) mass is 426 g/mol. The molecule has 9 heteroatoms.